The number of hydrogen-bond donors (Lipinski definition) is 2. The van der Waals surface area contributed by atoms with Gasteiger partial charge in [-0.3, -0.25) is 9.89 Å². The standard InChI is InChI=1S/C9H12N2O2S/c12-9(13)2-1-7-6-5-14-4-3-8(6)11-10-7/h1-5H2,(H,10,11)(H,12,13). The van der Waals surface area contributed by atoms with E-state index in [9.17, 15) is 4.79 Å². The quantitative estimate of drug-likeness (QED) is 0.790. The number of nitrogens with zero attached hydrogens (tertiary/aromatic N) is 1. The molecule has 1 aromatic rings. The zero-order valence-corrected chi connectivity index (χ0v) is 8.56. The van der Waals surface area contributed by atoms with Gasteiger partial charge in [-0.05, 0) is 12.2 Å². The molecule has 0 spiro atoms. The number of aliphatic carboxylic acids is 1. The van der Waals surface area contributed by atoms with Crippen molar-refractivity contribution in [2.24, 2.45) is 0 Å². The Hall–Kier alpha value is -0.970. The van der Waals surface area contributed by atoms with Crippen LogP contribution in [0.4, 0.5) is 0 Å². The van der Waals surface area contributed by atoms with Crippen LogP contribution in [0.5, 0.6) is 0 Å². The van der Waals surface area contributed by atoms with Crippen LogP contribution in [0.1, 0.15) is 23.4 Å². The Bertz CT molecular complexity index is 349. The first-order valence-electron chi connectivity index (χ1n) is 4.62. The van der Waals surface area contributed by atoms with E-state index < -0.39 is 5.97 Å². The lowest BCUT2D eigenvalue weighted by Gasteiger charge is -2.10. The Labute approximate surface area is 86.1 Å². The first-order chi connectivity index (χ1) is 6.77. The smallest absolute Gasteiger partial charge is 0.303 e. The van der Waals surface area contributed by atoms with Crippen LogP contribution in [0, 0.1) is 0 Å². The molecule has 0 amide bonds. The molecule has 4 nitrogen and oxygen atoms in total. The molecule has 0 atom stereocenters. The Balaban J connectivity index is 2.10. The van der Waals surface area contributed by atoms with Crippen molar-refractivity contribution in [1.82, 2.24) is 10.2 Å². The van der Waals surface area contributed by atoms with Gasteiger partial charge >= 0.3 is 5.97 Å². The Kier molecular flexibility index (Phi) is 2.77. The lowest BCUT2D eigenvalue weighted by molar-refractivity contribution is -0.136. The maximum atomic E-state index is 10.4. The van der Waals surface area contributed by atoms with Gasteiger partial charge in [-0.1, -0.05) is 0 Å². The molecule has 0 unspecified atom stereocenters. The number of hydrogen-bond acceptors (Lipinski definition) is 3. The molecule has 1 aromatic heterocycles. The van der Waals surface area contributed by atoms with Gasteiger partial charge in [-0.2, -0.15) is 16.9 Å². The van der Waals surface area contributed by atoms with Gasteiger partial charge in [-0.15, -0.1) is 0 Å². The number of aromatic amines is 1. The van der Waals surface area contributed by atoms with E-state index in [1.807, 2.05) is 11.8 Å². The zero-order valence-electron chi connectivity index (χ0n) is 7.75. The summed E-state index contributed by atoms with van der Waals surface area (Å²) >= 11 is 1.88. The minimum atomic E-state index is -0.759. The number of aromatic nitrogens is 2. The molecule has 2 rings (SSSR count). The number of thioether (sulfide) groups is 1. The van der Waals surface area contributed by atoms with E-state index in [-0.39, 0.29) is 6.42 Å². The second-order valence-electron chi connectivity index (χ2n) is 3.32. The third-order valence-electron chi connectivity index (χ3n) is 2.36. The van der Waals surface area contributed by atoms with Crippen molar-refractivity contribution in [2.45, 2.75) is 25.0 Å². The molecule has 5 heteroatoms. The number of aryl methyl sites for hydroxylation is 2. The maximum Gasteiger partial charge on any atom is 0.303 e. The summed E-state index contributed by atoms with van der Waals surface area (Å²) in [5, 5.41) is 15.7. The van der Waals surface area contributed by atoms with Crippen molar-refractivity contribution in [3.05, 3.63) is 17.0 Å². The lowest BCUT2D eigenvalue weighted by atomic mass is 10.1. The second kappa shape index (κ2) is 4.04. The third-order valence-corrected chi connectivity index (χ3v) is 3.34. The van der Waals surface area contributed by atoms with Crippen LogP contribution in [0.15, 0.2) is 0 Å². The molecule has 2 N–H and O–H groups in total. The topological polar surface area (TPSA) is 66.0 Å². The first-order valence-corrected chi connectivity index (χ1v) is 5.77. The van der Waals surface area contributed by atoms with E-state index in [0.29, 0.717) is 6.42 Å². The van der Waals surface area contributed by atoms with E-state index in [1.54, 1.807) is 0 Å². The normalized spacial score (nSPS) is 15.1. The van der Waals surface area contributed by atoms with E-state index in [4.69, 9.17) is 5.11 Å². The minimum Gasteiger partial charge on any atom is -0.481 e. The first kappa shape index (κ1) is 9.58. The molecule has 1 aliphatic rings. The van der Waals surface area contributed by atoms with Gasteiger partial charge in [0.05, 0.1) is 12.1 Å². The predicted octanol–water partition coefficient (Wildman–Crippen LogP) is 1.22. The highest BCUT2D eigenvalue weighted by Gasteiger charge is 2.17. The van der Waals surface area contributed by atoms with Crippen molar-refractivity contribution in [3.8, 4) is 0 Å². The maximum absolute atomic E-state index is 10.4. The Morgan fingerprint density at radius 3 is 3.29 bits per heavy atom. The van der Waals surface area contributed by atoms with Gasteiger partial charge in [0.15, 0.2) is 0 Å². The summed E-state index contributed by atoms with van der Waals surface area (Å²) in [6.07, 6.45) is 1.74. The molecule has 0 fully saturated rings. The van der Waals surface area contributed by atoms with Crippen LogP contribution in [0.3, 0.4) is 0 Å². The molecule has 0 aromatic carbocycles. The molecule has 2 heterocycles. The van der Waals surface area contributed by atoms with Gasteiger partial charge in [0, 0.05) is 23.4 Å². The number of nitrogens with one attached hydrogen (secondary N) is 1. The molecule has 0 saturated heterocycles. The Morgan fingerprint density at radius 2 is 2.50 bits per heavy atom. The molecular formula is C9H12N2O2S. The van der Waals surface area contributed by atoms with Gasteiger partial charge in [0.25, 0.3) is 0 Å². The summed E-state index contributed by atoms with van der Waals surface area (Å²) < 4.78 is 0. The summed E-state index contributed by atoms with van der Waals surface area (Å²) in [6, 6.07) is 0. The zero-order chi connectivity index (χ0) is 9.97. The third kappa shape index (κ3) is 1.92. The molecule has 0 saturated carbocycles. The molecule has 0 aliphatic carbocycles. The summed E-state index contributed by atoms with van der Waals surface area (Å²) in [7, 11) is 0. The molecule has 0 bridgehead atoms. The number of carboxylic acid groups (broad SMARTS) is 1. The predicted molar refractivity (Wildman–Crippen MR) is 54.4 cm³/mol. The molecular weight excluding hydrogens is 200 g/mol. The number of fused-ring (bicyclic) bond motifs is 1. The van der Waals surface area contributed by atoms with Crippen molar-refractivity contribution < 1.29 is 9.90 Å². The van der Waals surface area contributed by atoms with Gasteiger partial charge in [0.2, 0.25) is 0 Å². The summed E-state index contributed by atoms with van der Waals surface area (Å²) in [6.45, 7) is 0. The van der Waals surface area contributed by atoms with E-state index >= 15 is 0 Å². The largest absolute Gasteiger partial charge is 0.481 e. The van der Waals surface area contributed by atoms with E-state index in [2.05, 4.69) is 10.2 Å². The highest BCUT2D eigenvalue weighted by atomic mass is 32.2. The number of carboxylic acids is 1. The fourth-order valence-corrected chi connectivity index (χ4v) is 2.64. The molecule has 76 valence electrons. The minimum absolute atomic E-state index is 0.169. The van der Waals surface area contributed by atoms with Crippen LogP contribution in [-0.2, 0) is 23.4 Å². The van der Waals surface area contributed by atoms with E-state index in [1.165, 1.54) is 11.3 Å². The van der Waals surface area contributed by atoms with Crippen LogP contribution in [0.2, 0.25) is 0 Å². The van der Waals surface area contributed by atoms with Crippen LogP contribution < -0.4 is 0 Å². The number of H-pyrrole nitrogens is 1. The lowest BCUT2D eigenvalue weighted by Crippen LogP contribution is -2.04. The van der Waals surface area contributed by atoms with Crippen LogP contribution in [0.25, 0.3) is 0 Å². The number of carbonyl (C=O) groups is 1. The van der Waals surface area contributed by atoms with Gasteiger partial charge in [0.1, 0.15) is 0 Å². The van der Waals surface area contributed by atoms with Crippen LogP contribution in [-0.4, -0.2) is 27.0 Å². The average Bonchev–Trinajstić information content (AvgIpc) is 2.58. The summed E-state index contributed by atoms with van der Waals surface area (Å²) in [5.74, 6) is 1.35. The van der Waals surface area contributed by atoms with Gasteiger partial charge in [-0.25, -0.2) is 0 Å². The van der Waals surface area contributed by atoms with Crippen LogP contribution >= 0.6 is 11.8 Å². The fourth-order valence-electron chi connectivity index (χ4n) is 1.60. The summed E-state index contributed by atoms with van der Waals surface area (Å²) in [4.78, 5) is 10.4. The highest BCUT2D eigenvalue weighted by Crippen LogP contribution is 2.26. The monoisotopic (exact) mass is 212 g/mol. The Morgan fingerprint density at radius 1 is 1.64 bits per heavy atom. The average molecular weight is 212 g/mol. The fraction of sp³-hybridized carbons (Fsp3) is 0.556. The molecule has 1 aliphatic heterocycles. The summed E-state index contributed by atoms with van der Waals surface area (Å²) in [5.41, 5.74) is 3.38. The molecule has 0 radical (unpaired) electrons. The van der Waals surface area contributed by atoms with Crippen molar-refractivity contribution in [3.63, 3.8) is 0 Å². The SMILES string of the molecule is O=C(O)CCc1n[nH]c2c1CSCC2. The van der Waals surface area contributed by atoms with Crippen molar-refractivity contribution in [2.75, 3.05) is 5.75 Å². The highest BCUT2D eigenvalue weighted by molar-refractivity contribution is 7.98. The van der Waals surface area contributed by atoms with Crippen molar-refractivity contribution >= 4 is 17.7 Å². The second-order valence-corrected chi connectivity index (χ2v) is 4.43. The van der Waals surface area contributed by atoms with Crippen molar-refractivity contribution in [1.29, 1.82) is 0 Å². The van der Waals surface area contributed by atoms with E-state index in [0.717, 1.165) is 23.6 Å². The number of rotatable bonds is 3. The van der Waals surface area contributed by atoms with Gasteiger partial charge < -0.3 is 5.11 Å². The molecule has 14 heavy (non-hydrogen) atoms.